The van der Waals surface area contributed by atoms with Crippen LogP contribution in [0, 0.1) is 5.82 Å². The van der Waals surface area contributed by atoms with Crippen LogP contribution in [0.15, 0.2) is 12.1 Å². The summed E-state index contributed by atoms with van der Waals surface area (Å²) in [6, 6.07) is 4.02. The third kappa shape index (κ3) is 7.56. The molecular weight excluding hydrogens is 519 g/mol. The second-order valence-corrected chi connectivity index (χ2v) is 11.9. The highest BCUT2D eigenvalue weighted by atomic mass is 19.1. The average Bonchev–Trinajstić information content (AvgIpc) is 3.44. The van der Waals surface area contributed by atoms with Gasteiger partial charge in [-0.3, -0.25) is 4.90 Å². The predicted octanol–water partition coefficient (Wildman–Crippen LogP) is 3.67. The lowest BCUT2D eigenvalue weighted by molar-refractivity contribution is -0.159. The molecule has 0 atom stereocenters. The molecule has 1 saturated carbocycles. The molecule has 3 fully saturated rings. The number of urea groups is 1. The van der Waals surface area contributed by atoms with Gasteiger partial charge in [0.2, 0.25) is 0 Å². The van der Waals surface area contributed by atoms with E-state index in [1.54, 1.807) is 12.1 Å². The van der Waals surface area contributed by atoms with Gasteiger partial charge in [-0.05, 0) is 52.1 Å². The Bertz CT molecular complexity index is 1060. The molecule has 11 heteroatoms. The van der Waals surface area contributed by atoms with E-state index in [9.17, 15) is 9.18 Å². The van der Waals surface area contributed by atoms with Crippen LogP contribution in [-0.4, -0.2) is 107 Å². The molecule has 0 spiro atoms. The van der Waals surface area contributed by atoms with Crippen LogP contribution in [0.4, 0.5) is 14.9 Å². The Labute approximate surface area is 235 Å². The number of aliphatic carboxylic acids is 2. The fraction of sp³-hybridized carbons (Fsp3) is 0.690. The number of unbranched alkanes of at least 4 members (excludes halogenated alkanes) is 1. The quantitative estimate of drug-likeness (QED) is 0.382. The van der Waals surface area contributed by atoms with Crippen molar-refractivity contribution in [3.05, 3.63) is 23.5 Å². The molecule has 2 amide bonds. The zero-order valence-corrected chi connectivity index (χ0v) is 23.7. The van der Waals surface area contributed by atoms with E-state index in [0.717, 1.165) is 88.6 Å². The van der Waals surface area contributed by atoms with Gasteiger partial charge in [0.05, 0.1) is 5.69 Å². The first-order chi connectivity index (χ1) is 19.0. The summed E-state index contributed by atoms with van der Waals surface area (Å²) in [5, 5.41) is 14.8. The maximum atomic E-state index is 14.3. The first kappa shape index (κ1) is 29.9. The molecule has 40 heavy (non-hydrogen) atoms. The molecule has 3 aliphatic heterocycles. The third-order valence-electron chi connectivity index (χ3n) is 8.30. The summed E-state index contributed by atoms with van der Waals surface area (Å²) in [7, 11) is 0. The number of halogens is 1. The van der Waals surface area contributed by atoms with Crippen molar-refractivity contribution in [1.82, 2.24) is 14.7 Å². The number of anilines is 1. The topological polar surface area (TPSA) is 114 Å². The van der Waals surface area contributed by atoms with Gasteiger partial charge in [-0.25, -0.2) is 18.8 Å². The minimum Gasteiger partial charge on any atom is -0.485 e. The second-order valence-electron chi connectivity index (χ2n) is 11.9. The van der Waals surface area contributed by atoms with Crippen molar-refractivity contribution in [3.63, 3.8) is 0 Å². The van der Waals surface area contributed by atoms with Gasteiger partial charge in [-0.1, -0.05) is 19.3 Å². The highest BCUT2D eigenvalue weighted by molar-refractivity contribution is 6.27. The van der Waals surface area contributed by atoms with Crippen molar-refractivity contribution in [2.75, 3.05) is 57.3 Å². The van der Waals surface area contributed by atoms with E-state index in [0.29, 0.717) is 6.04 Å². The number of hydrogen-bond donors (Lipinski definition) is 2. The van der Waals surface area contributed by atoms with Crippen LogP contribution < -0.4 is 9.64 Å². The minimum atomic E-state index is -1.82. The zero-order chi connectivity index (χ0) is 28.9. The number of fused-ring (bicyclic) bond motifs is 1. The first-order valence-corrected chi connectivity index (χ1v) is 14.5. The van der Waals surface area contributed by atoms with E-state index in [4.69, 9.17) is 24.5 Å². The molecule has 0 bridgehead atoms. The fourth-order valence-electron chi connectivity index (χ4n) is 6.28. The molecule has 1 aromatic carbocycles. The van der Waals surface area contributed by atoms with Gasteiger partial charge in [0.25, 0.3) is 0 Å². The van der Waals surface area contributed by atoms with Crippen LogP contribution in [-0.2, 0) is 16.0 Å². The number of rotatable bonds is 7. The maximum Gasteiger partial charge on any atom is 0.414 e. The first-order valence-electron chi connectivity index (χ1n) is 14.5. The predicted molar refractivity (Wildman–Crippen MR) is 149 cm³/mol. The molecule has 3 heterocycles. The van der Waals surface area contributed by atoms with Crippen LogP contribution in [0.25, 0.3) is 0 Å². The molecule has 4 aliphatic rings. The Kier molecular flexibility index (Phi) is 9.76. The molecule has 0 radical (unpaired) electrons. The van der Waals surface area contributed by atoms with E-state index < -0.39 is 11.9 Å². The van der Waals surface area contributed by atoms with Gasteiger partial charge in [0, 0.05) is 69.9 Å². The van der Waals surface area contributed by atoms with Crippen molar-refractivity contribution >= 4 is 23.7 Å². The lowest BCUT2D eigenvalue weighted by atomic mass is 9.94. The molecule has 222 valence electrons. The van der Waals surface area contributed by atoms with Crippen LogP contribution in [0.1, 0.15) is 64.4 Å². The van der Waals surface area contributed by atoms with Crippen molar-refractivity contribution in [1.29, 1.82) is 0 Å². The van der Waals surface area contributed by atoms with Gasteiger partial charge in [0.1, 0.15) is 17.2 Å². The number of amides is 2. The highest BCUT2D eigenvalue weighted by Crippen LogP contribution is 2.43. The smallest absolute Gasteiger partial charge is 0.414 e. The summed E-state index contributed by atoms with van der Waals surface area (Å²) < 4.78 is 20.5. The molecule has 5 rings (SSSR count). The number of benzene rings is 1. The number of nitrogens with zero attached hydrogens (tertiary/aromatic N) is 4. The van der Waals surface area contributed by atoms with E-state index in [1.165, 1.54) is 32.1 Å². The van der Waals surface area contributed by atoms with Crippen LogP contribution in [0.2, 0.25) is 0 Å². The van der Waals surface area contributed by atoms with E-state index in [1.807, 2.05) is 0 Å². The van der Waals surface area contributed by atoms with E-state index in [-0.39, 0.29) is 17.4 Å². The number of ether oxygens (including phenoxy) is 1. The molecule has 1 aromatic rings. The molecule has 2 N–H and O–H groups in total. The molecular formula is C29H43FN4O6. The van der Waals surface area contributed by atoms with E-state index >= 15 is 0 Å². The summed E-state index contributed by atoms with van der Waals surface area (Å²) in [6.45, 7) is 11.6. The Morgan fingerprint density at radius 2 is 1.60 bits per heavy atom. The van der Waals surface area contributed by atoms with Crippen molar-refractivity contribution in [2.24, 2.45) is 0 Å². The van der Waals surface area contributed by atoms with Gasteiger partial charge in [0.15, 0.2) is 0 Å². The minimum absolute atomic E-state index is 0.170. The molecule has 0 unspecified atom stereocenters. The number of carboxylic acid groups (broad SMARTS) is 2. The molecule has 10 nitrogen and oxygen atoms in total. The third-order valence-corrected chi connectivity index (χ3v) is 8.30. The zero-order valence-electron chi connectivity index (χ0n) is 23.7. The van der Waals surface area contributed by atoms with Gasteiger partial charge in [-0.15, -0.1) is 0 Å². The Hall–Kier alpha value is -3.08. The van der Waals surface area contributed by atoms with Crippen molar-refractivity contribution < 1.29 is 33.7 Å². The van der Waals surface area contributed by atoms with Crippen molar-refractivity contribution in [3.8, 4) is 5.75 Å². The monoisotopic (exact) mass is 562 g/mol. The maximum absolute atomic E-state index is 14.3. The van der Waals surface area contributed by atoms with Crippen LogP contribution >= 0.6 is 0 Å². The molecule has 1 aliphatic carbocycles. The van der Waals surface area contributed by atoms with E-state index in [2.05, 4.69) is 33.4 Å². The van der Waals surface area contributed by atoms with Crippen molar-refractivity contribution in [2.45, 2.75) is 76.9 Å². The number of hydrogen-bond acceptors (Lipinski definition) is 6. The van der Waals surface area contributed by atoms with Gasteiger partial charge < -0.3 is 29.6 Å². The largest absolute Gasteiger partial charge is 0.485 e. The molecule has 2 saturated heterocycles. The SMILES string of the molecule is CC1(C)Cc2cc(F)cc(N3CCN(CCCCN4CCN(C5CCCCC5)C4=O)CC3)c2O1.O=C(O)C(=O)O. The summed E-state index contributed by atoms with van der Waals surface area (Å²) in [5.41, 5.74) is 1.63. The number of piperazine rings is 1. The average molecular weight is 563 g/mol. The highest BCUT2D eigenvalue weighted by Gasteiger charge is 2.35. The van der Waals surface area contributed by atoms with Gasteiger partial charge in [-0.2, -0.15) is 0 Å². The summed E-state index contributed by atoms with van der Waals surface area (Å²) in [6.07, 6.45) is 9.17. The summed E-state index contributed by atoms with van der Waals surface area (Å²) in [5.74, 6) is -2.95. The normalized spacial score (nSPS) is 21.1. The Balaban J connectivity index is 0.000000557. The van der Waals surface area contributed by atoms with Crippen LogP contribution in [0.3, 0.4) is 0 Å². The number of carbonyl (C=O) groups is 3. The standard InChI is InChI=1S/C27H41FN4O2.C2H2O4/c1-27(2)20-21-18-22(28)19-24(25(21)34-27)30-14-12-29(13-15-30)10-6-7-11-31-16-17-32(26(31)33)23-8-4-3-5-9-23;3-1(4)2(5)6/h18-19,23H,3-17,20H2,1-2H3;(H,3,4)(H,5,6). The van der Waals surface area contributed by atoms with Crippen LogP contribution in [0.5, 0.6) is 5.75 Å². The number of carbonyl (C=O) groups excluding carboxylic acids is 1. The fourth-order valence-corrected chi connectivity index (χ4v) is 6.28. The molecule has 0 aromatic heterocycles. The van der Waals surface area contributed by atoms with Gasteiger partial charge >= 0.3 is 18.0 Å². The number of carboxylic acids is 2. The summed E-state index contributed by atoms with van der Waals surface area (Å²) >= 11 is 0. The lowest BCUT2D eigenvalue weighted by Gasteiger charge is -2.37. The summed E-state index contributed by atoms with van der Waals surface area (Å²) in [4.78, 5) is 40.0. The second kappa shape index (κ2) is 13.1. The Morgan fingerprint density at radius 1 is 0.950 bits per heavy atom. The lowest BCUT2D eigenvalue weighted by Crippen LogP contribution is -2.47. The Morgan fingerprint density at radius 3 is 2.25 bits per heavy atom.